The van der Waals surface area contributed by atoms with Crippen LogP contribution in [0.5, 0.6) is 0 Å². The summed E-state index contributed by atoms with van der Waals surface area (Å²) in [5.41, 5.74) is 5.93. The molecular formula is C13H24N2O2. The van der Waals surface area contributed by atoms with Gasteiger partial charge in [0.1, 0.15) is 0 Å². The van der Waals surface area contributed by atoms with E-state index in [2.05, 4.69) is 6.92 Å². The van der Waals surface area contributed by atoms with Crippen LogP contribution in [0.25, 0.3) is 0 Å². The highest BCUT2D eigenvalue weighted by Crippen LogP contribution is 2.38. The molecule has 0 aromatic heterocycles. The standard InChI is InChI=1S/C13H24N2O2/c1-2-3-5-11(14)12(16)15-8-9-17-13(10-15)6-4-7-13/h11H,2-10,14H2,1H3/t11-/m1/s1. The minimum absolute atomic E-state index is 0.0155. The van der Waals surface area contributed by atoms with Crippen LogP contribution in [0, 0.1) is 0 Å². The van der Waals surface area contributed by atoms with Crippen LogP contribution < -0.4 is 5.73 Å². The van der Waals surface area contributed by atoms with Crippen LogP contribution in [0.2, 0.25) is 0 Å². The molecule has 98 valence electrons. The van der Waals surface area contributed by atoms with Crippen LogP contribution in [0.3, 0.4) is 0 Å². The molecule has 2 aliphatic rings. The fraction of sp³-hybridized carbons (Fsp3) is 0.923. The van der Waals surface area contributed by atoms with Gasteiger partial charge >= 0.3 is 0 Å². The molecule has 0 radical (unpaired) electrons. The van der Waals surface area contributed by atoms with Crippen molar-refractivity contribution in [1.82, 2.24) is 4.90 Å². The molecule has 1 aliphatic carbocycles. The molecule has 2 fully saturated rings. The van der Waals surface area contributed by atoms with E-state index in [0.717, 1.165) is 38.6 Å². The average molecular weight is 240 g/mol. The molecule has 0 aromatic carbocycles. The zero-order valence-corrected chi connectivity index (χ0v) is 10.8. The second-order valence-corrected chi connectivity index (χ2v) is 5.39. The fourth-order valence-electron chi connectivity index (χ4n) is 2.69. The van der Waals surface area contributed by atoms with Gasteiger partial charge in [0, 0.05) is 13.1 Å². The molecule has 1 amide bonds. The van der Waals surface area contributed by atoms with Crippen molar-refractivity contribution in [2.24, 2.45) is 5.73 Å². The van der Waals surface area contributed by atoms with Crippen molar-refractivity contribution in [3.8, 4) is 0 Å². The maximum Gasteiger partial charge on any atom is 0.239 e. The summed E-state index contributed by atoms with van der Waals surface area (Å²) < 4.78 is 5.81. The lowest BCUT2D eigenvalue weighted by atomic mass is 9.78. The van der Waals surface area contributed by atoms with Crippen molar-refractivity contribution >= 4 is 5.91 Å². The first-order valence-corrected chi connectivity index (χ1v) is 6.85. The number of carbonyl (C=O) groups is 1. The first-order valence-electron chi connectivity index (χ1n) is 6.85. The van der Waals surface area contributed by atoms with Crippen molar-refractivity contribution < 1.29 is 9.53 Å². The summed E-state index contributed by atoms with van der Waals surface area (Å²) in [6, 6.07) is -0.315. The molecule has 17 heavy (non-hydrogen) atoms. The number of hydrogen-bond donors (Lipinski definition) is 1. The molecule has 1 heterocycles. The van der Waals surface area contributed by atoms with Crippen LogP contribution in [0.4, 0.5) is 0 Å². The molecule has 0 unspecified atom stereocenters. The Balaban J connectivity index is 1.86. The van der Waals surface area contributed by atoms with Gasteiger partial charge in [-0.25, -0.2) is 0 Å². The summed E-state index contributed by atoms with van der Waals surface area (Å²) in [6.45, 7) is 4.26. The summed E-state index contributed by atoms with van der Waals surface area (Å²) in [5.74, 6) is 0.119. The molecular weight excluding hydrogens is 216 g/mol. The Bertz CT molecular complexity index is 277. The highest BCUT2D eigenvalue weighted by atomic mass is 16.5. The monoisotopic (exact) mass is 240 g/mol. The molecule has 1 atom stereocenters. The van der Waals surface area contributed by atoms with E-state index in [4.69, 9.17) is 10.5 Å². The lowest BCUT2D eigenvalue weighted by Gasteiger charge is -2.48. The van der Waals surface area contributed by atoms with Crippen molar-refractivity contribution in [3.63, 3.8) is 0 Å². The van der Waals surface area contributed by atoms with Gasteiger partial charge in [-0.1, -0.05) is 19.8 Å². The first-order chi connectivity index (χ1) is 8.17. The van der Waals surface area contributed by atoms with Gasteiger partial charge in [0.15, 0.2) is 0 Å². The van der Waals surface area contributed by atoms with Gasteiger partial charge in [-0.3, -0.25) is 4.79 Å². The SMILES string of the molecule is CCCC[C@@H](N)C(=O)N1CCOC2(CCC2)C1. The van der Waals surface area contributed by atoms with Gasteiger partial charge in [0.2, 0.25) is 5.91 Å². The van der Waals surface area contributed by atoms with E-state index >= 15 is 0 Å². The molecule has 2 N–H and O–H groups in total. The number of hydrogen-bond acceptors (Lipinski definition) is 3. The number of rotatable bonds is 4. The van der Waals surface area contributed by atoms with E-state index < -0.39 is 0 Å². The molecule has 4 nitrogen and oxygen atoms in total. The van der Waals surface area contributed by atoms with Crippen LogP contribution in [0.15, 0.2) is 0 Å². The maximum atomic E-state index is 12.2. The minimum atomic E-state index is -0.315. The smallest absolute Gasteiger partial charge is 0.239 e. The molecule has 4 heteroatoms. The molecule has 1 saturated carbocycles. The van der Waals surface area contributed by atoms with Gasteiger partial charge in [-0.2, -0.15) is 0 Å². The normalized spacial score (nSPS) is 24.5. The Morgan fingerprint density at radius 2 is 2.29 bits per heavy atom. The van der Waals surface area contributed by atoms with Crippen molar-refractivity contribution in [2.75, 3.05) is 19.7 Å². The summed E-state index contributed by atoms with van der Waals surface area (Å²) in [5, 5.41) is 0. The quantitative estimate of drug-likeness (QED) is 0.805. The van der Waals surface area contributed by atoms with E-state index in [-0.39, 0.29) is 17.6 Å². The number of morpholine rings is 1. The second-order valence-electron chi connectivity index (χ2n) is 5.39. The molecule has 0 aromatic rings. The topological polar surface area (TPSA) is 55.6 Å². The van der Waals surface area contributed by atoms with E-state index in [9.17, 15) is 4.79 Å². The van der Waals surface area contributed by atoms with E-state index in [1.807, 2.05) is 4.90 Å². The van der Waals surface area contributed by atoms with Gasteiger partial charge in [0.05, 0.1) is 18.2 Å². The van der Waals surface area contributed by atoms with Gasteiger partial charge in [-0.05, 0) is 25.7 Å². The Labute approximate surface area is 103 Å². The molecule has 1 saturated heterocycles. The lowest BCUT2D eigenvalue weighted by molar-refractivity contribution is -0.168. The van der Waals surface area contributed by atoms with Crippen LogP contribution >= 0.6 is 0 Å². The largest absolute Gasteiger partial charge is 0.371 e. The summed E-state index contributed by atoms with van der Waals surface area (Å²) in [4.78, 5) is 14.1. The number of carbonyl (C=O) groups excluding carboxylic acids is 1. The van der Waals surface area contributed by atoms with E-state index in [1.165, 1.54) is 6.42 Å². The summed E-state index contributed by atoms with van der Waals surface area (Å²) in [7, 11) is 0. The first kappa shape index (κ1) is 12.8. The molecule has 1 aliphatic heterocycles. The fourth-order valence-corrected chi connectivity index (χ4v) is 2.69. The van der Waals surface area contributed by atoms with E-state index in [1.54, 1.807) is 0 Å². The predicted molar refractivity (Wildman–Crippen MR) is 66.6 cm³/mol. The number of nitrogens with two attached hydrogens (primary N) is 1. The third kappa shape index (κ3) is 2.80. The minimum Gasteiger partial charge on any atom is -0.371 e. The Morgan fingerprint density at radius 1 is 1.53 bits per heavy atom. The number of ether oxygens (including phenoxy) is 1. The van der Waals surface area contributed by atoms with Crippen molar-refractivity contribution in [2.45, 2.75) is 57.1 Å². The zero-order valence-electron chi connectivity index (χ0n) is 10.8. The zero-order chi connectivity index (χ0) is 12.3. The van der Waals surface area contributed by atoms with Crippen LogP contribution in [-0.2, 0) is 9.53 Å². The number of unbranched alkanes of at least 4 members (excludes halogenated alkanes) is 1. The summed E-state index contributed by atoms with van der Waals surface area (Å²) in [6.07, 6.45) is 6.35. The Hall–Kier alpha value is -0.610. The third-order valence-corrected chi connectivity index (χ3v) is 4.01. The highest BCUT2D eigenvalue weighted by molar-refractivity contribution is 5.81. The van der Waals surface area contributed by atoms with Gasteiger partial charge in [0.25, 0.3) is 0 Å². The highest BCUT2D eigenvalue weighted by Gasteiger charge is 2.43. The lowest BCUT2D eigenvalue weighted by Crippen LogP contribution is -2.59. The van der Waals surface area contributed by atoms with Crippen molar-refractivity contribution in [1.29, 1.82) is 0 Å². The number of amides is 1. The summed E-state index contributed by atoms with van der Waals surface area (Å²) >= 11 is 0. The van der Waals surface area contributed by atoms with Crippen molar-refractivity contribution in [3.05, 3.63) is 0 Å². The predicted octanol–water partition coefficient (Wildman–Crippen LogP) is 1.29. The molecule has 2 rings (SSSR count). The third-order valence-electron chi connectivity index (χ3n) is 4.01. The molecule has 1 spiro atoms. The van der Waals surface area contributed by atoms with Crippen LogP contribution in [0.1, 0.15) is 45.4 Å². The van der Waals surface area contributed by atoms with Gasteiger partial charge < -0.3 is 15.4 Å². The van der Waals surface area contributed by atoms with Crippen LogP contribution in [-0.4, -0.2) is 42.1 Å². The van der Waals surface area contributed by atoms with E-state index in [0.29, 0.717) is 13.2 Å². The second kappa shape index (κ2) is 5.36. The maximum absolute atomic E-state index is 12.2. The average Bonchev–Trinajstić information content (AvgIpc) is 2.33. The Kier molecular flexibility index (Phi) is 4.05. The Morgan fingerprint density at radius 3 is 2.88 bits per heavy atom. The van der Waals surface area contributed by atoms with Gasteiger partial charge in [-0.15, -0.1) is 0 Å². The molecule has 0 bridgehead atoms. The number of nitrogens with zero attached hydrogens (tertiary/aromatic N) is 1.